The van der Waals surface area contributed by atoms with Crippen LogP contribution >= 0.6 is 0 Å². The second kappa shape index (κ2) is 6.89. The van der Waals surface area contributed by atoms with Gasteiger partial charge >= 0.3 is 0 Å². The number of ketones is 1. The Balaban J connectivity index is 1.31. The van der Waals surface area contributed by atoms with Crippen LogP contribution in [0.3, 0.4) is 0 Å². The molecule has 3 heterocycles. The second-order valence-electron chi connectivity index (χ2n) is 9.40. The normalized spacial score (nSPS) is 19.8. The lowest BCUT2D eigenvalue weighted by Crippen LogP contribution is -2.46. The number of amides is 1. The zero-order valence-corrected chi connectivity index (χ0v) is 17.9. The molecule has 6 nitrogen and oxygen atoms in total. The molecule has 3 aliphatic rings. The summed E-state index contributed by atoms with van der Waals surface area (Å²) in [5.74, 6) is 0.290. The number of carbonyl (C=O) groups excluding carboxylic acids is 2. The van der Waals surface area contributed by atoms with Gasteiger partial charge in [-0.15, -0.1) is 0 Å². The van der Waals surface area contributed by atoms with Crippen LogP contribution in [0.5, 0.6) is 0 Å². The van der Waals surface area contributed by atoms with E-state index >= 15 is 0 Å². The van der Waals surface area contributed by atoms with E-state index in [2.05, 4.69) is 23.9 Å². The number of aliphatic imine (C=N–C) groups is 1. The average Bonchev–Trinajstić information content (AvgIpc) is 3.32. The molecule has 1 amide bonds. The first kappa shape index (κ1) is 19.2. The van der Waals surface area contributed by atoms with Gasteiger partial charge in [0.05, 0.1) is 12.7 Å². The van der Waals surface area contributed by atoms with Gasteiger partial charge in [-0.2, -0.15) is 5.10 Å². The molecule has 156 valence electrons. The maximum Gasteiger partial charge on any atom is 0.253 e. The Morgan fingerprint density at radius 3 is 2.63 bits per heavy atom. The van der Waals surface area contributed by atoms with E-state index in [-0.39, 0.29) is 23.1 Å². The molecular formula is C24H28N4O2. The summed E-state index contributed by atoms with van der Waals surface area (Å²) in [5.41, 5.74) is 5.88. The minimum Gasteiger partial charge on any atom is -0.339 e. The van der Waals surface area contributed by atoms with Gasteiger partial charge in [0, 0.05) is 48.0 Å². The fraction of sp³-hybridized carbons (Fsp3) is 0.500. The van der Waals surface area contributed by atoms with Crippen molar-refractivity contribution in [3.05, 3.63) is 52.3 Å². The van der Waals surface area contributed by atoms with Crippen molar-refractivity contribution < 1.29 is 9.59 Å². The molecule has 1 saturated heterocycles. The predicted molar refractivity (Wildman–Crippen MR) is 115 cm³/mol. The lowest BCUT2D eigenvalue weighted by molar-refractivity contribution is 0.0517. The summed E-state index contributed by atoms with van der Waals surface area (Å²) < 4.78 is 1.86. The lowest BCUT2D eigenvalue weighted by atomic mass is 9.67. The van der Waals surface area contributed by atoms with E-state index in [0.717, 1.165) is 47.4 Å². The Hall–Kier alpha value is -2.76. The van der Waals surface area contributed by atoms with Gasteiger partial charge in [0.15, 0.2) is 5.78 Å². The number of benzene rings is 1. The Morgan fingerprint density at radius 2 is 1.90 bits per heavy atom. The van der Waals surface area contributed by atoms with Crippen molar-refractivity contribution in [1.82, 2.24) is 14.7 Å². The number of hydrogen-bond donors (Lipinski definition) is 0. The average molecular weight is 405 g/mol. The molecule has 0 radical (unpaired) electrons. The molecule has 0 unspecified atom stereocenters. The molecular weight excluding hydrogens is 376 g/mol. The molecule has 1 spiro atoms. The molecule has 1 aliphatic carbocycles. The van der Waals surface area contributed by atoms with Gasteiger partial charge in [0.2, 0.25) is 0 Å². The zero-order chi connectivity index (χ0) is 21.0. The van der Waals surface area contributed by atoms with Gasteiger partial charge in [-0.05, 0) is 63.1 Å². The van der Waals surface area contributed by atoms with Crippen LogP contribution < -0.4 is 0 Å². The van der Waals surface area contributed by atoms with E-state index < -0.39 is 0 Å². The van der Waals surface area contributed by atoms with Gasteiger partial charge in [0.25, 0.3) is 5.91 Å². The smallest absolute Gasteiger partial charge is 0.253 e. The third-order valence-electron chi connectivity index (χ3n) is 7.07. The molecule has 0 atom stereocenters. The van der Waals surface area contributed by atoms with Crippen LogP contribution in [0.4, 0.5) is 0 Å². The Morgan fingerprint density at radius 1 is 1.13 bits per heavy atom. The van der Waals surface area contributed by atoms with Crippen molar-refractivity contribution in [3.63, 3.8) is 0 Å². The molecule has 2 aliphatic heterocycles. The monoisotopic (exact) mass is 404 g/mol. The zero-order valence-electron chi connectivity index (χ0n) is 17.9. The Bertz CT molecular complexity index is 1070. The highest BCUT2D eigenvalue weighted by Crippen LogP contribution is 2.44. The number of nitrogens with zero attached hydrogens (tertiary/aromatic N) is 4. The molecule has 1 aromatic heterocycles. The van der Waals surface area contributed by atoms with Crippen molar-refractivity contribution in [2.75, 3.05) is 13.1 Å². The maximum atomic E-state index is 13.1. The van der Waals surface area contributed by atoms with E-state index in [0.29, 0.717) is 26.1 Å². The van der Waals surface area contributed by atoms with Crippen LogP contribution in [0, 0.1) is 5.41 Å². The topological polar surface area (TPSA) is 67.6 Å². The summed E-state index contributed by atoms with van der Waals surface area (Å²) in [4.78, 5) is 32.5. The van der Waals surface area contributed by atoms with E-state index in [1.165, 1.54) is 5.56 Å². The van der Waals surface area contributed by atoms with Crippen LogP contribution in [-0.2, 0) is 13.0 Å². The Kier molecular flexibility index (Phi) is 4.42. The van der Waals surface area contributed by atoms with Crippen molar-refractivity contribution in [2.45, 2.75) is 59.0 Å². The second-order valence-corrected chi connectivity index (χ2v) is 9.40. The van der Waals surface area contributed by atoms with Crippen LogP contribution in [0.15, 0.2) is 29.4 Å². The number of Topliss-reactive ketones (excluding diaryl/α,β-unsaturated/α-hetero) is 1. The number of rotatable bonds is 2. The van der Waals surface area contributed by atoms with Crippen LogP contribution in [0.2, 0.25) is 0 Å². The summed E-state index contributed by atoms with van der Waals surface area (Å²) in [6, 6.07) is 6.13. The van der Waals surface area contributed by atoms with Gasteiger partial charge < -0.3 is 4.90 Å². The number of fused-ring (bicyclic) bond motifs is 2. The first-order valence-electron chi connectivity index (χ1n) is 10.9. The predicted octanol–water partition coefficient (Wildman–Crippen LogP) is 3.84. The molecule has 6 heteroatoms. The summed E-state index contributed by atoms with van der Waals surface area (Å²) in [7, 11) is 0. The number of aromatic nitrogens is 2. The minimum absolute atomic E-state index is 0.0348. The highest BCUT2D eigenvalue weighted by molar-refractivity contribution is 6.04. The molecule has 1 fully saturated rings. The largest absolute Gasteiger partial charge is 0.339 e. The molecule has 1 aromatic carbocycles. The van der Waals surface area contributed by atoms with Crippen LogP contribution in [0.1, 0.15) is 83.6 Å². The molecule has 30 heavy (non-hydrogen) atoms. The fourth-order valence-corrected chi connectivity index (χ4v) is 5.31. The molecule has 0 N–H and O–H groups in total. The van der Waals surface area contributed by atoms with E-state index in [1.807, 2.05) is 40.9 Å². The van der Waals surface area contributed by atoms with Crippen molar-refractivity contribution >= 4 is 17.4 Å². The first-order valence-corrected chi connectivity index (χ1v) is 10.9. The van der Waals surface area contributed by atoms with Gasteiger partial charge in [-0.25, -0.2) is 0 Å². The van der Waals surface area contributed by atoms with E-state index in [9.17, 15) is 9.59 Å². The summed E-state index contributed by atoms with van der Waals surface area (Å²) in [6.45, 7) is 8.22. The highest BCUT2D eigenvalue weighted by Gasteiger charge is 2.43. The SMILES string of the molecule is CC1=NCc2ccc(C(=O)N3CCC4(CC3)CC(=O)c3c(cnn3C(C)C)C4)cc21. The number of piperidine rings is 1. The van der Waals surface area contributed by atoms with Crippen LogP contribution in [-0.4, -0.2) is 45.2 Å². The van der Waals surface area contributed by atoms with E-state index in [1.54, 1.807) is 0 Å². The summed E-state index contributed by atoms with van der Waals surface area (Å²) in [6.07, 6.45) is 5.05. The number of carbonyl (C=O) groups is 2. The van der Waals surface area contributed by atoms with Gasteiger partial charge in [-0.3, -0.25) is 19.3 Å². The molecule has 2 aromatic rings. The first-order chi connectivity index (χ1) is 14.4. The van der Waals surface area contributed by atoms with Crippen molar-refractivity contribution in [2.24, 2.45) is 10.4 Å². The number of hydrogen-bond acceptors (Lipinski definition) is 4. The third kappa shape index (κ3) is 3.01. The summed E-state index contributed by atoms with van der Waals surface area (Å²) >= 11 is 0. The Labute approximate surface area is 177 Å². The van der Waals surface area contributed by atoms with Gasteiger partial charge in [-0.1, -0.05) is 6.07 Å². The standard InChI is InChI=1S/C24H28N4O2/c1-15(2)28-22-19(14-26-28)11-24(12-21(22)29)6-8-27(9-7-24)23(30)17-4-5-18-13-25-16(3)20(18)10-17/h4-5,10,14-15H,6-9,11-13H2,1-3H3. The quantitative estimate of drug-likeness (QED) is 0.764. The van der Waals surface area contributed by atoms with Crippen molar-refractivity contribution in [1.29, 1.82) is 0 Å². The summed E-state index contributed by atoms with van der Waals surface area (Å²) in [5, 5.41) is 4.46. The van der Waals surface area contributed by atoms with Gasteiger partial charge in [0.1, 0.15) is 5.69 Å². The third-order valence-corrected chi connectivity index (χ3v) is 7.07. The molecule has 0 bridgehead atoms. The highest BCUT2D eigenvalue weighted by atomic mass is 16.2. The number of likely N-dealkylation sites (tertiary alicyclic amines) is 1. The maximum absolute atomic E-state index is 13.1. The van der Waals surface area contributed by atoms with Crippen molar-refractivity contribution in [3.8, 4) is 0 Å². The molecule has 0 saturated carbocycles. The fourth-order valence-electron chi connectivity index (χ4n) is 5.31. The van der Waals surface area contributed by atoms with Crippen LogP contribution in [0.25, 0.3) is 0 Å². The molecule has 5 rings (SSSR count). The van der Waals surface area contributed by atoms with E-state index in [4.69, 9.17) is 0 Å². The lowest BCUT2D eigenvalue weighted by Gasteiger charge is -2.43. The minimum atomic E-state index is -0.0348.